The summed E-state index contributed by atoms with van der Waals surface area (Å²) in [4.78, 5) is 4.05. The lowest BCUT2D eigenvalue weighted by Gasteiger charge is -2.12. The van der Waals surface area contributed by atoms with Gasteiger partial charge in [-0.2, -0.15) is 0 Å². The summed E-state index contributed by atoms with van der Waals surface area (Å²) in [6.07, 6.45) is 1.73. The van der Waals surface area contributed by atoms with Crippen LogP contribution in [0.15, 0.2) is 12.3 Å². The van der Waals surface area contributed by atoms with Gasteiger partial charge in [0.05, 0.1) is 5.69 Å². The molecule has 0 bridgehead atoms. The molecule has 0 saturated heterocycles. The van der Waals surface area contributed by atoms with Crippen molar-refractivity contribution in [3.63, 3.8) is 0 Å². The Labute approximate surface area is 65.8 Å². The number of nitrogens with zero attached hydrogens (tertiary/aromatic N) is 2. The molecule has 4 N–H and O–H groups in total. The van der Waals surface area contributed by atoms with Crippen molar-refractivity contribution >= 4 is 11.5 Å². The van der Waals surface area contributed by atoms with Crippen molar-refractivity contribution in [1.82, 2.24) is 4.98 Å². The molecule has 4 nitrogen and oxygen atoms in total. The van der Waals surface area contributed by atoms with Crippen LogP contribution in [0.4, 0.5) is 11.5 Å². The van der Waals surface area contributed by atoms with Crippen molar-refractivity contribution < 1.29 is 0 Å². The highest BCUT2D eigenvalue weighted by Gasteiger charge is 2.01. The molecule has 0 saturated carbocycles. The van der Waals surface area contributed by atoms with Gasteiger partial charge in [0.25, 0.3) is 0 Å². The Bertz CT molecular complexity index is 257. The van der Waals surface area contributed by atoms with E-state index >= 15 is 0 Å². The second kappa shape index (κ2) is 2.75. The zero-order valence-corrected chi connectivity index (χ0v) is 6.70. The molecule has 1 aromatic heterocycles. The molecular weight excluding hydrogens is 140 g/mol. The van der Waals surface area contributed by atoms with Gasteiger partial charge in [0, 0.05) is 13.2 Å². The molecule has 1 rings (SSSR count). The molecule has 11 heavy (non-hydrogen) atoms. The number of anilines is 2. The van der Waals surface area contributed by atoms with E-state index in [1.807, 2.05) is 13.0 Å². The predicted octanol–water partition coefficient (Wildman–Crippen LogP) is 0.282. The smallest absolute Gasteiger partial charge is 0.165 e. The fraction of sp³-hybridized carbons (Fsp3) is 0.286. The molecule has 0 fully saturated rings. The number of hydrogen-bond acceptors (Lipinski definition) is 4. The number of hydrazine groups is 1. The maximum absolute atomic E-state index is 5.64. The molecule has 4 heteroatoms. The van der Waals surface area contributed by atoms with E-state index in [0.29, 0.717) is 11.5 Å². The molecule has 60 valence electrons. The van der Waals surface area contributed by atoms with E-state index in [1.54, 1.807) is 13.2 Å². The first-order chi connectivity index (χ1) is 5.11. The van der Waals surface area contributed by atoms with Crippen LogP contribution in [0.1, 0.15) is 5.56 Å². The minimum Gasteiger partial charge on any atom is -0.396 e. The minimum atomic E-state index is 0.606. The van der Waals surface area contributed by atoms with Gasteiger partial charge < -0.3 is 5.73 Å². The van der Waals surface area contributed by atoms with Crippen molar-refractivity contribution in [2.75, 3.05) is 17.8 Å². The summed E-state index contributed by atoms with van der Waals surface area (Å²) in [6.45, 7) is 1.93. The van der Waals surface area contributed by atoms with Gasteiger partial charge in [-0.3, -0.25) is 5.01 Å². The number of pyridine rings is 1. The van der Waals surface area contributed by atoms with Crippen LogP contribution in [-0.4, -0.2) is 12.0 Å². The lowest BCUT2D eigenvalue weighted by Crippen LogP contribution is -2.27. The first-order valence-corrected chi connectivity index (χ1v) is 3.32. The molecule has 0 aliphatic rings. The SMILES string of the molecule is Cc1cnc(N(C)N)c(N)c1. The number of nitrogens with two attached hydrogens (primary N) is 2. The number of aryl methyl sites for hydroxylation is 1. The van der Waals surface area contributed by atoms with Crippen LogP contribution < -0.4 is 16.6 Å². The molecule has 0 unspecified atom stereocenters. The van der Waals surface area contributed by atoms with E-state index < -0.39 is 0 Å². The van der Waals surface area contributed by atoms with Crippen LogP contribution in [-0.2, 0) is 0 Å². The van der Waals surface area contributed by atoms with Gasteiger partial charge in [-0.1, -0.05) is 0 Å². The number of rotatable bonds is 1. The Morgan fingerprint density at radius 1 is 1.55 bits per heavy atom. The van der Waals surface area contributed by atoms with Gasteiger partial charge in [0.15, 0.2) is 5.82 Å². The molecule has 0 radical (unpaired) electrons. The molecule has 0 aromatic carbocycles. The fourth-order valence-electron chi connectivity index (χ4n) is 0.879. The number of nitrogen functional groups attached to an aromatic ring is 1. The van der Waals surface area contributed by atoms with Gasteiger partial charge >= 0.3 is 0 Å². The monoisotopic (exact) mass is 152 g/mol. The third kappa shape index (κ3) is 1.59. The average molecular weight is 152 g/mol. The Kier molecular flexibility index (Phi) is 1.96. The summed E-state index contributed by atoms with van der Waals surface area (Å²) in [5.41, 5.74) is 7.28. The molecule has 1 aromatic rings. The van der Waals surface area contributed by atoms with E-state index in [0.717, 1.165) is 5.56 Å². The normalized spacial score (nSPS) is 9.73. The van der Waals surface area contributed by atoms with E-state index in [4.69, 9.17) is 11.6 Å². The van der Waals surface area contributed by atoms with E-state index in [9.17, 15) is 0 Å². The highest BCUT2D eigenvalue weighted by atomic mass is 15.4. The standard InChI is InChI=1S/C7H12N4/c1-5-3-6(8)7(10-4-5)11(2)9/h3-4H,8-9H2,1-2H3. The predicted molar refractivity (Wildman–Crippen MR) is 46.0 cm³/mol. The van der Waals surface area contributed by atoms with Crippen molar-refractivity contribution in [2.45, 2.75) is 6.92 Å². The average Bonchev–Trinajstić information content (AvgIpc) is 1.85. The third-order valence-corrected chi connectivity index (χ3v) is 1.37. The Hall–Kier alpha value is -1.29. The first-order valence-electron chi connectivity index (χ1n) is 3.32. The van der Waals surface area contributed by atoms with Crippen LogP contribution in [0.3, 0.4) is 0 Å². The lowest BCUT2D eigenvalue weighted by atomic mass is 10.3. The van der Waals surface area contributed by atoms with Crippen LogP contribution in [0, 0.1) is 6.92 Å². The first kappa shape index (κ1) is 7.81. The third-order valence-electron chi connectivity index (χ3n) is 1.37. The van der Waals surface area contributed by atoms with Crippen molar-refractivity contribution in [2.24, 2.45) is 5.84 Å². The van der Waals surface area contributed by atoms with Gasteiger partial charge in [-0.25, -0.2) is 10.8 Å². The summed E-state index contributed by atoms with van der Waals surface area (Å²) in [5.74, 6) is 6.06. The van der Waals surface area contributed by atoms with Gasteiger partial charge in [0.1, 0.15) is 0 Å². The molecular formula is C7H12N4. The second-order valence-electron chi connectivity index (χ2n) is 2.54. The molecule has 0 aliphatic heterocycles. The summed E-state index contributed by atoms with van der Waals surface area (Å²) in [5, 5.41) is 1.40. The van der Waals surface area contributed by atoms with Crippen LogP contribution in [0.2, 0.25) is 0 Å². The number of aromatic nitrogens is 1. The van der Waals surface area contributed by atoms with Gasteiger partial charge in [-0.05, 0) is 18.6 Å². The van der Waals surface area contributed by atoms with Crippen molar-refractivity contribution in [3.8, 4) is 0 Å². The zero-order valence-electron chi connectivity index (χ0n) is 6.70. The molecule has 0 spiro atoms. The van der Waals surface area contributed by atoms with Crippen molar-refractivity contribution in [1.29, 1.82) is 0 Å². The summed E-state index contributed by atoms with van der Waals surface area (Å²) in [7, 11) is 1.70. The van der Waals surface area contributed by atoms with Crippen LogP contribution in [0.25, 0.3) is 0 Å². The Morgan fingerprint density at radius 3 is 2.64 bits per heavy atom. The lowest BCUT2D eigenvalue weighted by molar-refractivity contribution is 0.977. The Morgan fingerprint density at radius 2 is 2.18 bits per heavy atom. The fourth-order valence-corrected chi connectivity index (χ4v) is 0.879. The van der Waals surface area contributed by atoms with Crippen molar-refractivity contribution in [3.05, 3.63) is 17.8 Å². The number of hydrogen-bond donors (Lipinski definition) is 2. The summed E-state index contributed by atoms with van der Waals surface area (Å²) < 4.78 is 0. The van der Waals surface area contributed by atoms with E-state index in [2.05, 4.69) is 4.98 Å². The molecule has 1 heterocycles. The minimum absolute atomic E-state index is 0.606. The molecule has 0 aliphatic carbocycles. The Balaban J connectivity index is 3.09. The summed E-state index contributed by atoms with van der Waals surface area (Å²) in [6, 6.07) is 1.84. The summed E-state index contributed by atoms with van der Waals surface area (Å²) >= 11 is 0. The van der Waals surface area contributed by atoms with Crippen LogP contribution in [0.5, 0.6) is 0 Å². The highest BCUT2D eigenvalue weighted by molar-refractivity contribution is 5.61. The topological polar surface area (TPSA) is 68.2 Å². The van der Waals surface area contributed by atoms with Gasteiger partial charge in [-0.15, -0.1) is 0 Å². The molecule has 0 atom stereocenters. The zero-order chi connectivity index (χ0) is 8.43. The highest BCUT2D eigenvalue weighted by Crippen LogP contribution is 2.16. The second-order valence-corrected chi connectivity index (χ2v) is 2.54. The maximum Gasteiger partial charge on any atom is 0.165 e. The quantitative estimate of drug-likeness (QED) is 0.448. The van der Waals surface area contributed by atoms with E-state index in [-0.39, 0.29) is 0 Å². The van der Waals surface area contributed by atoms with Gasteiger partial charge in [0.2, 0.25) is 0 Å². The van der Waals surface area contributed by atoms with Crippen LogP contribution >= 0.6 is 0 Å². The largest absolute Gasteiger partial charge is 0.396 e. The molecule has 0 amide bonds. The van der Waals surface area contributed by atoms with E-state index in [1.165, 1.54) is 5.01 Å². The maximum atomic E-state index is 5.64.